The molecule has 0 aromatic heterocycles. The molecule has 26 heavy (non-hydrogen) atoms. The van der Waals surface area contributed by atoms with E-state index in [0.29, 0.717) is 47.5 Å². The first kappa shape index (κ1) is 16.7. The summed E-state index contributed by atoms with van der Waals surface area (Å²) in [5.74, 6) is 0.650. The number of nitrogens with one attached hydrogen (secondary N) is 1. The Morgan fingerprint density at radius 3 is 2.77 bits per heavy atom. The zero-order chi connectivity index (χ0) is 18.1. The standard InChI is InChI=1S/C19H17ClN2O4/c20-14-5-1-2-6-15(14)22-11-12(10-17(22)23)21-19(24)13-4-3-7-16-18(13)26-9-8-25-16/h1-7,12H,8-11H2,(H,21,24). The zero-order valence-corrected chi connectivity index (χ0v) is 14.7. The van der Waals surface area contributed by atoms with Gasteiger partial charge in [-0.05, 0) is 24.3 Å². The summed E-state index contributed by atoms with van der Waals surface area (Å²) >= 11 is 6.19. The molecular weight excluding hydrogens is 356 g/mol. The Morgan fingerprint density at radius 2 is 1.92 bits per heavy atom. The fourth-order valence-electron chi connectivity index (χ4n) is 3.22. The van der Waals surface area contributed by atoms with Crippen molar-refractivity contribution in [2.24, 2.45) is 0 Å². The van der Waals surface area contributed by atoms with Crippen LogP contribution in [0.5, 0.6) is 11.5 Å². The van der Waals surface area contributed by atoms with E-state index in [1.165, 1.54) is 0 Å². The summed E-state index contributed by atoms with van der Waals surface area (Å²) in [7, 11) is 0. The van der Waals surface area contributed by atoms with Crippen LogP contribution >= 0.6 is 11.6 Å². The summed E-state index contributed by atoms with van der Waals surface area (Å²) < 4.78 is 11.1. The second-order valence-corrected chi connectivity index (χ2v) is 6.57. The molecule has 6 nitrogen and oxygen atoms in total. The third-order valence-corrected chi connectivity index (χ3v) is 4.73. The van der Waals surface area contributed by atoms with Crippen molar-refractivity contribution in [1.29, 1.82) is 0 Å². The van der Waals surface area contributed by atoms with Gasteiger partial charge in [0.2, 0.25) is 5.91 Å². The maximum atomic E-state index is 12.7. The van der Waals surface area contributed by atoms with Crippen LogP contribution in [0.4, 0.5) is 5.69 Å². The molecule has 2 aliphatic heterocycles. The lowest BCUT2D eigenvalue weighted by atomic mass is 10.1. The number of benzene rings is 2. The summed E-state index contributed by atoms with van der Waals surface area (Å²) in [5, 5.41) is 3.42. The van der Waals surface area contributed by atoms with Crippen LogP contribution < -0.4 is 19.7 Å². The highest BCUT2D eigenvalue weighted by Gasteiger charge is 2.33. The molecule has 0 aliphatic carbocycles. The summed E-state index contributed by atoms with van der Waals surface area (Å²) in [6.45, 7) is 1.24. The number of halogens is 1. The molecule has 1 N–H and O–H groups in total. The minimum absolute atomic E-state index is 0.0712. The molecule has 1 unspecified atom stereocenters. The van der Waals surface area contributed by atoms with Gasteiger partial charge >= 0.3 is 0 Å². The molecule has 2 aromatic rings. The Kier molecular flexibility index (Phi) is 4.42. The molecule has 4 rings (SSSR count). The molecule has 7 heteroatoms. The second-order valence-electron chi connectivity index (χ2n) is 6.16. The van der Waals surface area contributed by atoms with Gasteiger partial charge in [0.25, 0.3) is 5.91 Å². The van der Waals surface area contributed by atoms with Crippen molar-refractivity contribution in [3.05, 3.63) is 53.1 Å². The molecule has 2 heterocycles. The maximum absolute atomic E-state index is 12.7. The first-order valence-corrected chi connectivity index (χ1v) is 8.75. The summed E-state index contributed by atoms with van der Waals surface area (Å²) in [6.07, 6.45) is 0.226. The number of fused-ring (bicyclic) bond motifs is 1. The van der Waals surface area contributed by atoms with Gasteiger partial charge < -0.3 is 19.7 Å². The van der Waals surface area contributed by atoms with Gasteiger partial charge in [-0.25, -0.2) is 0 Å². The average molecular weight is 373 g/mol. The van der Waals surface area contributed by atoms with E-state index in [-0.39, 0.29) is 24.3 Å². The second kappa shape index (κ2) is 6.88. The van der Waals surface area contributed by atoms with E-state index in [1.807, 2.05) is 12.1 Å². The number of rotatable bonds is 3. The number of para-hydroxylation sites is 2. The summed E-state index contributed by atoms with van der Waals surface area (Å²) in [6, 6.07) is 12.1. The van der Waals surface area contributed by atoms with Gasteiger partial charge in [-0.1, -0.05) is 29.8 Å². The molecule has 0 radical (unpaired) electrons. The van der Waals surface area contributed by atoms with Crippen molar-refractivity contribution >= 4 is 29.1 Å². The molecule has 0 spiro atoms. The molecule has 134 valence electrons. The van der Waals surface area contributed by atoms with Crippen LogP contribution in [0.15, 0.2) is 42.5 Å². The van der Waals surface area contributed by atoms with E-state index in [4.69, 9.17) is 21.1 Å². The molecule has 2 aliphatic rings. The Balaban J connectivity index is 1.50. The van der Waals surface area contributed by atoms with Crippen molar-refractivity contribution in [2.45, 2.75) is 12.5 Å². The summed E-state index contributed by atoms with van der Waals surface area (Å²) in [4.78, 5) is 26.7. The number of carbonyl (C=O) groups excluding carboxylic acids is 2. The Labute approximate surface area is 155 Å². The Morgan fingerprint density at radius 1 is 1.12 bits per heavy atom. The normalized spacial score (nSPS) is 18.7. The lowest BCUT2D eigenvalue weighted by Crippen LogP contribution is -2.37. The first-order chi connectivity index (χ1) is 12.6. The maximum Gasteiger partial charge on any atom is 0.255 e. The highest BCUT2D eigenvalue weighted by Crippen LogP contribution is 2.34. The van der Waals surface area contributed by atoms with Gasteiger partial charge in [-0.2, -0.15) is 0 Å². The van der Waals surface area contributed by atoms with E-state index in [0.717, 1.165) is 0 Å². The number of carbonyl (C=O) groups is 2. The van der Waals surface area contributed by atoms with E-state index >= 15 is 0 Å². The molecule has 2 amide bonds. The van der Waals surface area contributed by atoms with Crippen molar-refractivity contribution < 1.29 is 19.1 Å². The van der Waals surface area contributed by atoms with Crippen molar-refractivity contribution in [3.8, 4) is 11.5 Å². The minimum Gasteiger partial charge on any atom is -0.486 e. The van der Waals surface area contributed by atoms with Gasteiger partial charge in [0.1, 0.15) is 13.2 Å². The van der Waals surface area contributed by atoms with Crippen LogP contribution in [0.25, 0.3) is 0 Å². The fraction of sp³-hybridized carbons (Fsp3) is 0.263. The highest BCUT2D eigenvalue weighted by atomic mass is 35.5. The van der Waals surface area contributed by atoms with Crippen molar-refractivity contribution in [3.63, 3.8) is 0 Å². The molecule has 1 saturated heterocycles. The molecule has 0 saturated carbocycles. The third-order valence-electron chi connectivity index (χ3n) is 4.41. The van der Waals surface area contributed by atoms with Crippen LogP contribution in [0.3, 0.4) is 0 Å². The minimum atomic E-state index is -0.299. The van der Waals surface area contributed by atoms with Gasteiger partial charge in [-0.3, -0.25) is 9.59 Å². The number of hydrogen-bond acceptors (Lipinski definition) is 4. The van der Waals surface area contributed by atoms with Crippen LogP contribution in [-0.2, 0) is 4.79 Å². The van der Waals surface area contributed by atoms with Crippen LogP contribution in [0, 0.1) is 0 Å². The Bertz CT molecular complexity index is 870. The van der Waals surface area contributed by atoms with Crippen molar-refractivity contribution in [1.82, 2.24) is 5.32 Å². The van der Waals surface area contributed by atoms with Gasteiger partial charge in [-0.15, -0.1) is 0 Å². The smallest absolute Gasteiger partial charge is 0.255 e. The molecule has 1 fully saturated rings. The van der Waals surface area contributed by atoms with Crippen LogP contribution in [-0.4, -0.2) is 37.6 Å². The molecule has 2 aromatic carbocycles. The predicted molar refractivity (Wildman–Crippen MR) is 97.1 cm³/mol. The fourth-order valence-corrected chi connectivity index (χ4v) is 3.46. The SMILES string of the molecule is O=C(NC1CC(=O)N(c2ccccc2Cl)C1)c1cccc2c1OCCO2. The number of ether oxygens (including phenoxy) is 2. The zero-order valence-electron chi connectivity index (χ0n) is 13.9. The van der Waals surface area contributed by atoms with Gasteiger partial charge in [0.05, 0.1) is 22.3 Å². The number of nitrogens with zero attached hydrogens (tertiary/aromatic N) is 1. The van der Waals surface area contributed by atoms with Crippen LogP contribution in [0.2, 0.25) is 5.02 Å². The largest absolute Gasteiger partial charge is 0.486 e. The lowest BCUT2D eigenvalue weighted by Gasteiger charge is -2.21. The third kappa shape index (κ3) is 3.08. The monoisotopic (exact) mass is 372 g/mol. The van der Waals surface area contributed by atoms with Crippen LogP contribution in [0.1, 0.15) is 16.8 Å². The molecular formula is C19H17ClN2O4. The summed E-state index contributed by atoms with van der Waals surface area (Å²) in [5.41, 5.74) is 1.07. The number of anilines is 1. The molecule has 0 bridgehead atoms. The van der Waals surface area contributed by atoms with Gasteiger partial charge in [0.15, 0.2) is 11.5 Å². The quantitative estimate of drug-likeness (QED) is 0.899. The number of amides is 2. The highest BCUT2D eigenvalue weighted by molar-refractivity contribution is 6.33. The van der Waals surface area contributed by atoms with E-state index in [2.05, 4.69) is 5.32 Å². The van der Waals surface area contributed by atoms with Crippen molar-refractivity contribution in [2.75, 3.05) is 24.7 Å². The van der Waals surface area contributed by atoms with E-state index in [1.54, 1.807) is 35.2 Å². The van der Waals surface area contributed by atoms with Gasteiger partial charge in [0, 0.05) is 13.0 Å². The predicted octanol–water partition coefficient (Wildman–Crippen LogP) is 2.65. The van der Waals surface area contributed by atoms with E-state index in [9.17, 15) is 9.59 Å². The topological polar surface area (TPSA) is 67.9 Å². The lowest BCUT2D eigenvalue weighted by molar-refractivity contribution is -0.117. The Hall–Kier alpha value is -2.73. The average Bonchev–Trinajstić information content (AvgIpc) is 3.01. The first-order valence-electron chi connectivity index (χ1n) is 8.38. The number of hydrogen-bond donors (Lipinski definition) is 1. The molecule has 1 atom stereocenters. The van der Waals surface area contributed by atoms with E-state index < -0.39 is 0 Å².